The van der Waals surface area contributed by atoms with Crippen LogP contribution in [0.2, 0.25) is 5.02 Å². The molecule has 0 bridgehead atoms. The Balaban J connectivity index is 1.99. The minimum atomic E-state index is -0.194. The van der Waals surface area contributed by atoms with E-state index in [4.69, 9.17) is 20.8 Å². The highest BCUT2D eigenvalue weighted by molar-refractivity contribution is 6.30. The Kier molecular flexibility index (Phi) is 7.34. The molecule has 1 aromatic carbocycles. The molecule has 1 N–H and O–H groups in total. The van der Waals surface area contributed by atoms with Crippen molar-refractivity contribution >= 4 is 23.3 Å². The molecule has 136 valence electrons. The SMILES string of the molecule is Cc1ccc(CN(CCCOC(C)C)C(=O)Nc2cccc(Cl)c2)o1. The standard InChI is InChI=1S/C19H25ClN2O3/c1-14(2)24-11-5-10-22(13-18-9-8-15(3)25-18)19(23)21-17-7-4-6-16(20)12-17/h4,6-9,12,14H,5,10-11,13H2,1-3H3,(H,21,23). The molecule has 2 rings (SSSR count). The molecule has 0 radical (unpaired) electrons. The molecule has 0 spiro atoms. The third-order valence-electron chi connectivity index (χ3n) is 3.53. The zero-order valence-corrected chi connectivity index (χ0v) is 15.7. The van der Waals surface area contributed by atoms with Gasteiger partial charge in [-0.2, -0.15) is 0 Å². The van der Waals surface area contributed by atoms with Gasteiger partial charge in [0.2, 0.25) is 0 Å². The number of benzene rings is 1. The lowest BCUT2D eigenvalue weighted by atomic mass is 10.3. The number of carbonyl (C=O) groups excluding carboxylic acids is 1. The lowest BCUT2D eigenvalue weighted by Crippen LogP contribution is -2.35. The molecule has 5 nitrogen and oxygen atoms in total. The Hall–Kier alpha value is -1.98. The average Bonchev–Trinajstić information content (AvgIpc) is 2.95. The van der Waals surface area contributed by atoms with Crippen molar-refractivity contribution in [2.45, 2.75) is 39.8 Å². The highest BCUT2D eigenvalue weighted by Gasteiger charge is 2.16. The summed E-state index contributed by atoms with van der Waals surface area (Å²) >= 11 is 5.98. The zero-order valence-electron chi connectivity index (χ0n) is 14.9. The molecular weight excluding hydrogens is 340 g/mol. The molecule has 6 heteroatoms. The number of nitrogens with zero attached hydrogens (tertiary/aromatic N) is 1. The fourth-order valence-corrected chi connectivity index (χ4v) is 2.54. The molecule has 2 amide bonds. The van der Waals surface area contributed by atoms with E-state index in [1.807, 2.05) is 32.9 Å². The molecule has 25 heavy (non-hydrogen) atoms. The summed E-state index contributed by atoms with van der Waals surface area (Å²) in [6.45, 7) is 7.46. The van der Waals surface area contributed by atoms with Crippen molar-refractivity contribution in [3.05, 3.63) is 52.9 Å². The maximum atomic E-state index is 12.7. The molecule has 2 aromatic rings. The summed E-state index contributed by atoms with van der Waals surface area (Å²) in [5, 5.41) is 3.46. The van der Waals surface area contributed by atoms with Crippen LogP contribution in [0.4, 0.5) is 10.5 Å². The number of ether oxygens (including phenoxy) is 1. The Morgan fingerprint density at radius 3 is 2.76 bits per heavy atom. The molecule has 1 aromatic heterocycles. The molecule has 0 atom stereocenters. The number of halogens is 1. The highest BCUT2D eigenvalue weighted by atomic mass is 35.5. The van der Waals surface area contributed by atoms with E-state index in [0.717, 1.165) is 17.9 Å². The van der Waals surface area contributed by atoms with E-state index < -0.39 is 0 Å². The van der Waals surface area contributed by atoms with Gasteiger partial charge in [-0.3, -0.25) is 0 Å². The van der Waals surface area contributed by atoms with Gasteiger partial charge in [0, 0.05) is 23.9 Å². The number of rotatable bonds is 8. The Labute approximate surface area is 153 Å². The first-order valence-corrected chi connectivity index (χ1v) is 8.80. The normalized spacial score (nSPS) is 10.9. The number of aryl methyl sites for hydroxylation is 1. The molecule has 0 aliphatic rings. The van der Waals surface area contributed by atoms with Gasteiger partial charge in [0.1, 0.15) is 11.5 Å². The molecule has 0 aliphatic heterocycles. The third kappa shape index (κ3) is 6.80. The summed E-state index contributed by atoms with van der Waals surface area (Å²) in [5.41, 5.74) is 0.663. The van der Waals surface area contributed by atoms with E-state index in [9.17, 15) is 4.79 Å². The van der Waals surface area contributed by atoms with E-state index >= 15 is 0 Å². The van der Waals surface area contributed by atoms with Gasteiger partial charge in [0.25, 0.3) is 0 Å². The van der Waals surface area contributed by atoms with E-state index in [-0.39, 0.29) is 12.1 Å². The van der Waals surface area contributed by atoms with Crippen molar-refractivity contribution in [1.29, 1.82) is 0 Å². The topological polar surface area (TPSA) is 54.7 Å². The number of hydrogen-bond donors (Lipinski definition) is 1. The monoisotopic (exact) mass is 364 g/mol. The van der Waals surface area contributed by atoms with Gasteiger partial charge in [-0.25, -0.2) is 4.79 Å². The molecule has 0 aliphatic carbocycles. The summed E-state index contributed by atoms with van der Waals surface area (Å²) in [6.07, 6.45) is 0.933. The fourth-order valence-electron chi connectivity index (χ4n) is 2.35. The third-order valence-corrected chi connectivity index (χ3v) is 3.76. The van der Waals surface area contributed by atoms with Crippen molar-refractivity contribution in [1.82, 2.24) is 4.90 Å². The van der Waals surface area contributed by atoms with Gasteiger partial charge in [-0.1, -0.05) is 17.7 Å². The molecule has 0 saturated carbocycles. The second kappa shape index (κ2) is 9.49. The molecule has 1 heterocycles. The van der Waals surface area contributed by atoms with Crippen LogP contribution < -0.4 is 5.32 Å². The number of carbonyl (C=O) groups is 1. The van der Waals surface area contributed by atoms with E-state index in [2.05, 4.69) is 5.32 Å². The smallest absolute Gasteiger partial charge is 0.322 e. The lowest BCUT2D eigenvalue weighted by Gasteiger charge is -2.22. The second-order valence-electron chi connectivity index (χ2n) is 6.15. The summed E-state index contributed by atoms with van der Waals surface area (Å²) < 4.78 is 11.2. The summed E-state index contributed by atoms with van der Waals surface area (Å²) in [4.78, 5) is 14.4. The summed E-state index contributed by atoms with van der Waals surface area (Å²) in [5.74, 6) is 1.58. The van der Waals surface area contributed by atoms with E-state index in [1.165, 1.54) is 0 Å². The van der Waals surface area contributed by atoms with E-state index in [0.29, 0.717) is 30.4 Å². The number of furan rings is 1. The molecule has 0 fully saturated rings. The van der Waals surface area contributed by atoms with Crippen molar-refractivity contribution in [2.75, 3.05) is 18.5 Å². The van der Waals surface area contributed by atoms with Crippen molar-refractivity contribution in [2.24, 2.45) is 0 Å². The van der Waals surface area contributed by atoms with Crippen LogP contribution in [0.3, 0.4) is 0 Å². The summed E-state index contributed by atoms with van der Waals surface area (Å²) in [7, 11) is 0. The predicted octanol–water partition coefficient (Wildman–Crippen LogP) is 5.09. The maximum Gasteiger partial charge on any atom is 0.322 e. The van der Waals surface area contributed by atoms with Crippen LogP contribution in [-0.2, 0) is 11.3 Å². The first kappa shape index (κ1) is 19.3. The van der Waals surface area contributed by atoms with Crippen molar-refractivity contribution < 1.29 is 13.9 Å². The van der Waals surface area contributed by atoms with Crippen LogP contribution in [0.1, 0.15) is 31.8 Å². The zero-order chi connectivity index (χ0) is 18.2. The molecular formula is C19H25ClN2O3. The lowest BCUT2D eigenvalue weighted by molar-refractivity contribution is 0.0721. The van der Waals surface area contributed by atoms with Crippen LogP contribution in [0, 0.1) is 6.92 Å². The van der Waals surface area contributed by atoms with Crippen molar-refractivity contribution in [3.8, 4) is 0 Å². The summed E-state index contributed by atoms with van der Waals surface area (Å²) in [6, 6.07) is 10.7. The van der Waals surface area contributed by atoms with Gasteiger partial charge in [0.15, 0.2) is 0 Å². The largest absolute Gasteiger partial charge is 0.464 e. The van der Waals surface area contributed by atoms with Gasteiger partial charge in [-0.15, -0.1) is 0 Å². The minimum Gasteiger partial charge on any atom is -0.464 e. The number of hydrogen-bond acceptors (Lipinski definition) is 3. The number of anilines is 1. The number of nitrogens with one attached hydrogen (secondary N) is 1. The number of amides is 2. The first-order valence-electron chi connectivity index (χ1n) is 8.42. The quantitative estimate of drug-likeness (QED) is 0.663. The average molecular weight is 365 g/mol. The molecule has 0 unspecified atom stereocenters. The van der Waals surface area contributed by atoms with Gasteiger partial charge >= 0.3 is 6.03 Å². The van der Waals surface area contributed by atoms with Crippen LogP contribution in [0.5, 0.6) is 0 Å². The van der Waals surface area contributed by atoms with Gasteiger partial charge in [-0.05, 0) is 57.5 Å². The van der Waals surface area contributed by atoms with Crippen LogP contribution in [0.25, 0.3) is 0 Å². The van der Waals surface area contributed by atoms with Crippen LogP contribution in [-0.4, -0.2) is 30.2 Å². The first-order chi connectivity index (χ1) is 11.9. The Morgan fingerprint density at radius 2 is 2.12 bits per heavy atom. The number of urea groups is 1. The minimum absolute atomic E-state index is 0.182. The van der Waals surface area contributed by atoms with Crippen molar-refractivity contribution in [3.63, 3.8) is 0 Å². The Morgan fingerprint density at radius 1 is 1.32 bits per heavy atom. The fraction of sp³-hybridized carbons (Fsp3) is 0.421. The predicted molar refractivity (Wildman–Crippen MR) is 100 cm³/mol. The Bertz CT molecular complexity index is 685. The highest BCUT2D eigenvalue weighted by Crippen LogP contribution is 2.17. The van der Waals surface area contributed by atoms with Crippen LogP contribution in [0.15, 0.2) is 40.8 Å². The maximum absolute atomic E-state index is 12.7. The second-order valence-corrected chi connectivity index (χ2v) is 6.58. The van der Waals surface area contributed by atoms with Gasteiger partial charge in [0.05, 0.1) is 12.6 Å². The molecule has 0 saturated heterocycles. The van der Waals surface area contributed by atoms with Gasteiger partial charge < -0.3 is 19.4 Å². The van der Waals surface area contributed by atoms with Crippen LogP contribution >= 0.6 is 11.6 Å². The van der Waals surface area contributed by atoms with E-state index in [1.54, 1.807) is 29.2 Å².